The van der Waals surface area contributed by atoms with E-state index in [1.54, 1.807) is 0 Å². The van der Waals surface area contributed by atoms with Crippen molar-refractivity contribution in [3.63, 3.8) is 0 Å². The third kappa shape index (κ3) is 54.2. The Hall–Kier alpha value is -1.59. The molecule has 0 bridgehead atoms. The number of carbonyl (C=O) groups excluding carboxylic acids is 3. The van der Waals surface area contributed by atoms with E-state index in [1.807, 2.05) is 0 Å². The van der Waals surface area contributed by atoms with Crippen molar-refractivity contribution < 1.29 is 28.6 Å². The molecule has 0 saturated heterocycles. The molecular weight excluding hydrogens is 865 g/mol. The Morgan fingerprint density at radius 1 is 0.286 bits per heavy atom. The lowest BCUT2D eigenvalue weighted by atomic mass is 9.99. The minimum atomic E-state index is -0.764. The van der Waals surface area contributed by atoms with Crippen molar-refractivity contribution in [3.8, 4) is 0 Å². The molecule has 0 aromatic heterocycles. The van der Waals surface area contributed by atoms with Crippen molar-refractivity contribution >= 4 is 17.9 Å². The Morgan fingerprint density at radius 2 is 0.500 bits per heavy atom. The highest BCUT2D eigenvalue weighted by Gasteiger charge is 2.19. The van der Waals surface area contributed by atoms with E-state index in [9.17, 15) is 14.4 Å². The Labute approximate surface area is 438 Å². The smallest absolute Gasteiger partial charge is 0.306 e. The molecule has 6 heteroatoms. The molecule has 0 aromatic rings. The summed E-state index contributed by atoms with van der Waals surface area (Å²) in [5.41, 5.74) is 0. The molecule has 0 amide bonds. The van der Waals surface area contributed by atoms with E-state index >= 15 is 0 Å². The predicted molar refractivity (Wildman–Crippen MR) is 303 cm³/mol. The first kappa shape index (κ1) is 68.4. The van der Waals surface area contributed by atoms with Crippen LogP contribution in [0.1, 0.15) is 356 Å². The first-order valence-corrected chi connectivity index (χ1v) is 31.7. The number of esters is 3. The van der Waals surface area contributed by atoms with Crippen LogP contribution in [0, 0.1) is 17.8 Å². The van der Waals surface area contributed by atoms with Gasteiger partial charge in [-0.3, -0.25) is 14.4 Å². The van der Waals surface area contributed by atoms with Crippen molar-refractivity contribution in [3.05, 3.63) is 0 Å². The molecular formula is C64H124O6. The zero-order valence-electron chi connectivity index (χ0n) is 48.3. The average Bonchev–Trinajstić information content (AvgIpc) is 3.35. The Balaban J connectivity index is 4.22. The molecule has 0 fully saturated rings. The molecule has 0 aliphatic carbocycles. The second kappa shape index (κ2) is 55.2. The van der Waals surface area contributed by atoms with Gasteiger partial charge in [0.15, 0.2) is 6.10 Å². The Bertz CT molecular complexity index is 1090. The van der Waals surface area contributed by atoms with Gasteiger partial charge in [0.05, 0.1) is 0 Å². The van der Waals surface area contributed by atoms with E-state index in [2.05, 4.69) is 41.5 Å². The minimum Gasteiger partial charge on any atom is -0.462 e. The molecule has 0 spiro atoms. The molecule has 3 atom stereocenters. The Morgan fingerprint density at radius 3 is 0.743 bits per heavy atom. The van der Waals surface area contributed by atoms with Crippen LogP contribution in [-0.4, -0.2) is 37.2 Å². The standard InChI is InChI=1S/C64H124O6/c1-7-59(5)51-45-39-33-27-21-17-13-11-9-10-12-14-19-23-29-35-41-47-53-62(65)68-56-61(70-64(67)55-49-43-37-31-25-26-32-38-44-50-58(3)4)57-69-63(66)54-48-42-36-30-24-20-16-15-18-22-28-34-40-46-52-60(6)8-2/h58-61H,7-57H2,1-6H3/t59?,60?,61-/m1/s1. The van der Waals surface area contributed by atoms with Gasteiger partial charge in [-0.1, -0.05) is 318 Å². The molecule has 0 aliphatic heterocycles. The second-order valence-corrected chi connectivity index (χ2v) is 23.0. The van der Waals surface area contributed by atoms with Gasteiger partial charge in [0.2, 0.25) is 0 Å². The number of ether oxygens (including phenoxy) is 3. The van der Waals surface area contributed by atoms with Crippen LogP contribution in [0.25, 0.3) is 0 Å². The van der Waals surface area contributed by atoms with Crippen molar-refractivity contribution in [2.24, 2.45) is 17.8 Å². The molecule has 6 nitrogen and oxygen atoms in total. The number of unbranched alkanes of at least 4 members (excludes halogenated alkanes) is 38. The predicted octanol–water partition coefficient (Wildman–Crippen LogP) is 21.1. The van der Waals surface area contributed by atoms with Crippen LogP contribution in [0.5, 0.6) is 0 Å². The molecule has 0 aliphatic rings. The van der Waals surface area contributed by atoms with Gasteiger partial charge in [-0.25, -0.2) is 0 Å². The van der Waals surface area contributed by atoms with Crippen LogP contribution < -0.4 is 0 Å². The summed E-state index contributed by atoms with van der Waals surface area (Å²) in [5.74, 6) is 1.77. The fraction of sp³-hybridized carbons (Fsp3) is 0.953. The number of rotatable bonds is 57. The van der Waals surface area contributed by atoms with E-state index in [0.29, 0.717) is 19.3 Å². The van der Waals surface area contributed by atoms with Gasteiger partial charge in [-0.05, 0) is 37.0 Å². The number of hydrogen-bond acceptors (Lipinski definition) is 6. The summed E-state index contributed by atoms with van der Waals surface area (Å²) in [6.45, 7) is 13.8. The van der Waals surface area contributed by atoms with Gasteiger partial charge < -0.3 is 14.2 Å². The summed E-state index contributed by atoms with van der Waals surface area (Å²) >= 11 is 0. The SMILES string of the molecule is CCC(C)CCCCCCCCCCCCCCCCCCCCC(=O)OC[C@H](COC(=O)CCCCCCCCCCCCCCCCC(C)CC)OC(=O)CCCCCCCCCCCC(C)C. The lowest BCUT2D eigenvalue weighted by molar-refractivity contribution is -0.167. The minimum absolute atomic E-state index is 0.0632. The molecule has 0 rings (SSSR count). The Kier molecular flexibility index (Phi) is 53.9. The summed E-state index contributed by atoms with van der Waals surface area (Å²) in [6, 6.07) is 0. The van der Waals surface area contributed by atoms with Crippen molar-refractivity contribution in [2.45, 2.75) is 362 Å². The molecule has 416 valence electrons. The molecule has 0 aromatic carbocycles. The van der Waals surface area contributed by atoms with Crippen molar-refractivity contribution in [2.75, 3.05) is 13.2 Å². The maximum atomic E-state index is 12.9. The van der Waals surface area contributed by atoms with Gasteiger partial charge in [0, 0.05) is 19.3 Å². The zero-order valence-corrected chi connectivity index (χ0v) is 48.3. The van der Waals surface area contributed by atoms with Gasteiger partial charge in [-0.15, -0.1) is 0 Å². The third-order valence-electron chi connectivity index (χ3n) is 15.4. The lowest BCUT2D eigenvalue weighted by Gasteiger charge is -2.18. The van der Waals surface area contributed by atoms with E-state index < -0.39 is 6.10 Å². The summed E-state index contributed by atoms with van der Waals surface area (Å²) in [6.07, 6.45) is 59.5. The third-order valence-corrected chi connectivity index (χ3v) is 15.4. The van der Waals surface area contributed by atoms with Crippen molar-refractivity contribution in [1.29, 1.82) is 0 Å². The number of carbonyl (C=O) groups is 3. The fourth-order valence-electron chi connectivity index (χ4n) is 9.82. The van der Waals surface area contributed by atoms with Crippen LogP contribution in [0.15, 0.2) is 0 Å². The van der Waals surface area contributed by atoms with Crippen LogP contribution in [-0.2, 0) is 28.6 Å². The second-order valence-electron chi connectivity index (χ2n) is 23.0. The van der Waals surface area contributed by atoms with E-state index in [0.717, 1.165) is 75.5 Å². The van der Waals surface area contributed by atoms with E-state index in [1.165, 1.54) is 238 Å². The van der Waals surface area contributed by atoms with Gasteiger partial charge >= 0.3 is 17.9 Å². The maximum Gasteiger partial charge on any atom is 0.306 e. The van der Waals surface area contributed by atoms with E-state index in [4.69, 9.17) is 14.2 Å². The lowest BCUT2D eigenvalue weighted by Crippen LogP contribution is -2.30. The van der Waals surface area contributed by atoms with Crippen LogP contribution in [0.2, 0.25) is 0 Å². The normalized spacial score (nSPS) is 12.9. The molecule has 70 heavy (non-hydrogen) atoms. The summed E-state index contributed by atoms with van der Waals surface area (Å²) in [5, 5.41) is 0. The van der Waals surface area contributed by atoms with Crippen LogP contribution in [0.3, 0.4) is 0 Å². The summed E-state index contributed by atoms with van der Waals surface area (Å²) < 4.78 is 16.9. The number of hydrogen-bond donors (Lipinski definition) is 0. The molecule has 0 heterocycles. The highest BCUT2D eigenvalue weighted by atomic mass is 16.6. The summed E-state index contributed by atoms with van der Waals surface area (Å²) in [4.78, 5) is 38.2. The first-order valence-electron chi connectivity index (χ1n) is 31.7. The zero-order chi connectivity index (χ0) is 51.2. The maximum absolute atomic E-state index is 12.9. The van der Waals surface area contributed by atoms with Gasteiger partial charge in [-0.2, -0.15) is 0 Å². The van der Waals surface area contributed by atoms with Gasteiger partial charge in [0.25, 0.3) is 0 Å². The van der Waals surface area contributed by atoms with Crippen molar-refractivity contribution in [1.82, 2.24) is 0 Å². The highest BCUT2D eigenvalue weighted by Crippen LogP contribution is 2.20. The van der Waals surface area contributed by atoms with Crippen LogP contribution >= 0.6 is 0 Å². The first-order chi connectivity index (χ1) is 34.2. The monoisotopic (exact) mass is 989 g/mol. The fourth-order valence-corrected chi connectivity index (χ4v) is 9.82. The molecule has 2 unspecified atom stereocenters. The highest BCUT2D eigenvalue weighted by molar-refractivity contribution is 5.71. The molecule has 0 saturated carbocycles. The largest absolute Gasteiger partial charge is 0.462 e. The summed E-state index contributed by atoms with van der Waals surface area (Å²) in [7, 11) is 0. The molecule has 0 N–H and O–H groups in total. The topological polar surface area (TPSA) is 78.9 Å². The quantitative estimate of drug-likeness (QED) is 0.0343. The average molecular weight is 990 g/mol. The van der Waals surface area contributed by atoms with Crippen LogP contribution in [0.4, 0.5) is 0 Å². The van der Waals surface area contributed by atoms with Gasteiger partial charge in [0.1, 0.15) is 13.2 Å². The molecule has 0 radical (unpaired) electrons. The van der Waals surface area contributed by atoms with E-state index in [-0.39, 0.29) is 31.1 Å².